The van der Waals surface area contributed by atoms with E-state index in [0.717, 1.165) is 22.0 Å². The number of nitrogens with one attached hydrogen (secondary N) is 3. The maximum atomic E-state index is 13.1. The molecule has 2 heterocycles. The fourth-order valence-corrected chi connectivity index (χ4v) is 3.25. The number of aryl methyl sites for hydroxylation is 1. The lowest BCUT2D eigenvalue weighted by Crippen LogP contribution is -2.20. The molecule has 4 aromatic rings. The molecule has 0 fully saturated rings. The first-order chi connectivity index (χ1) is 15.1. The number of carbonyl (C=O) groups is 2. The van der Waals surface area contributed by atoms with Crippen molar-refractivity contribution >= 4 is 39.8 Å². The molecule has 3 N–H and O–H groups in total. The van der Waals surface area contributed by atoms with Gasteiger partial charge in [0.1, 0.15) is 5.69 Å². The van der Waals surface area contributed by atoms with E-state index in [1.165, 1.54) is 6.20 Å². The monoisotopic (exact) mass is 411 g/mol. The molecule has 2 amide bonds. The van der Waals surface area contributed by atoms with Gasteiger partial charge in [-0.05, 0) is 36.1 Å². The SMILES string of the molecule is CNC(=O)c1cnc(Nc2ccccc2C)c(NC(=O)c2nccc3ccccc23)c1. The summed E-state index contributed by atoms with van der Waals surface area (Å²) in [5.41, 5.74) is 2.88. The maximum Gasteiger partial charge on any atom is 0.274 e. The Kier molecular flexibility index (Phi) is 5.57. The van der Waals surface area contributed by atoms with Crippen LogP contribution in [0, 0.1) is 6.92 Å². The van der Waals surface area contributed by atoms with Gasteiger partial charge in [-0.15, -0.1) is 0 Å². The average Bonchev–Trinajstić information content (AvgIpc) is 2.80. The van der Waals surface area contributed by atoms with Crippen LogP contribution >= 0.6 is 0 Å². The van der Waals surface area contributed by atoms with E-state index in [1.54, 1.807) is 19.3 Å². The van der Waals surface area contributed by atoms with Crippen molar-refractivity contribution in [1.82, 2.24) is 15.3 Å². The van der Waals surface area contributed by atoms with E-state index in [1.807, 2.05) is 61.5 Å². The molecular formula is C24H21N5O2. The van der Waals surface area contributed by atoms with Crippen molar-refractivity contribution < 1.29 is 9.59 Å². The predicted octanol–water partition coefficient (Wildman–Crippen LogP) is 4.29. The summed E-state index contributed by atoms with van der Waals surface area (Å²) in [6.45, 7) is 1.97. The summed E-state index contributed by atoms with van der Waals surface area (Å²) in [6.07, 6.45) is 3.06. The fraction of sp³-hybridized carbons (Fsp3) is 0.0833. The molecule has 0 bridgehead atoms. The highest BCUT2D eigenvalue weighted by atomic mass is 16.2. The molecule has 0 aliphatic carbocycles. The second-order valence-corrected chi connectivity index (χ2v) is 6.97. The van der Waals surface area contributed by atoms with Crippen LogP contribution in [0.1, 0.15) is 26.4 Å². The molecule has 31 heavy (non-hydrogen) atoms. The summed E-state index contributed by atoms with van der Waals surface area (Å²) in [6, 6.07) is 18.7. The number of hydrogen-bond acceptors (Lipinski definition) is 5. The Morgan fingerprint density at radius 2 is 1.65 bits per heavy atom. The van der Waals surface area contributed by atoms with Crippen LogP contribution in [0.15, 0.2) is 73.1 Å². The van der Waals surface area contributed by atoms with Crippen molar-refractivity contribution in [2.45, 2.75) is 6.92 Å². The molecule has 2 aromatic heterocycles. The summed E-state index contributed by atoms with van der Waals surface area (Å²) < 4.78 is 0. The van der Waals surface area contributed by atoms with Gasteiger partial charge in [-0.3, -0.25) is 14.6 Å². The third-order valence-electron chi connectivity index (χ3n) is 4.91. The second kappa shape index (κ2) is 8.62. The molecular weight excluding hydrogens is 390 g/mol. The summed E-state index contributed by atoms with van der Waals surface area (Å²) in [4.78, 5) is 33.9. The lowest BCUT2D eigenvalue weighted by molar-refractivity contribution is 0.0961. The van der Waals surface area contributed by atoms with E-state index in [4.69, 9.17) is 0 Å². The van der Waals surface area contributed by atoms with Gasteiger partial charge in [0.15, 0.2) is 5.82 Å². The van der Waals surface area contributed by atoms with E-state index in [9.17, 15) is 9.59 Å². The zero-order valence-corrected chi connectivity index (χ0v) is 17.1. The van der Waals surface area contributed by atoms with E-state index in [-0.39, 0.29) is 11.8 Å². The van der Waals surface area contributed by atoms with Gasteiger partial charge in [0.2, 0.25) is 0 Å². The number of amides is 2. The largest absolute Gasteiger partial charge is 0.355 e. The number of benzene rings is 2. The third-order valence-corrected chi connectivity index (χ3v) is 4.91. The first kappa shape index (κ1) is 20.0. The van der Waals surface area contributed by atoms with Gasteiger partial charge < -0.3 is 16.0 Å². The van der Waals surface area contributed by atoms with Crippen LogP contribution in [-0.4, -0.2) is 28.8 Å². The van der Waals surface area contributed by atoms with Crippen molar-refractivity contribution in [3.8, 4) is 0 Å². The smallest absolute Gasteiger partial charge is 0.274 e. The fourth-order valence-electron chi connectivity index (χ4n) is 3.25. The lowest BCUT2D eigenvalue weighted by atomic mass is 10.1. The third kappa shape index (κ3) is 4.20. The Morgan fingerprint density at radius 3 is 2.45 bits per heavy atom. The van der Waals surface area contributed by atoms with Crippen molar-refractivity contribution in [2.24, 2.45) is 0 Å². The molecule has 154 valence electrons. The summed E-state index contributed by atoms with van der Waals surface area (Å²) in [7, 11) is 1.54. The molecule has 0 saturated heterocycles. The van der Waals surface area contributed by atoms with E-state index >= 15 is 0 Å². The molecule has 0 radical (unpaired) electrons. The van der Waals surface area contributed by atoms with Gasteiger partial charge >= 0.3 is 0 Å². The summed E-state index contributed by atoms with van der Waals surface area (Å²) in [5.74, 6) is -0.259. The quantitative estimate of drug-likeness (QED) is 0.455. The van der Waals surface area contributed by atoms with Crippen LogP contribution in [0.2, 0.25) is 0 Å². The molecule has 7 heteroatoms. The highest BCUT2D eigenvalue weighted by Crippen LogP contribution is 2.27. The molecule has 0 aliphatic heterocycles. The van der Waals surface area contributed by atoms with Crippen molar-refractivity contribution in [3.63, 3.8) is 0 Å². The van der Waals surface area contributed by atoms with Crippen LogP contribution in [-0.2, 0) is 0 Å². The topological polar surface area (TPSA) is 96.0 Å². The van der Waals surface area contributed by atoms with Gasteiger partial charge in [0.05, 0.1) is 11.3 Å². The predicted molar refractivity (Wildman–Crippen MR) is 122 cm³/mol. The van der Waals surface area contributed by atoms with Crippen LogP contribution < -0.4 is 16.0 Å². The Hall–Kier alpha value is -4.26. The number of hydrogen-bond donors (Lipinski definition) is 3. The van der Waals surface area contributed by atoms with Gasteiger partial charge in [-0.2, -0.15) is 0 Å². The number of anilines is 3. The number of carbonyl (C=O) groups excluding carboxylic acids is 2. The highest BCUT2D eigenvalue weighted by Gasteiger charge is 2.17. The Morgan fingerprint density at radius 1 is 0.871 bits per heavy atom. The van der Waals surface area contributed by atoms with Crippen LogP contribution in [0.5, 0.6) is 0 Å². The molecule has 0 aliphatic rings. The van der Waals surface area contributed by atoms with Crippen molar-refractivity contribution in [2.75, 3.05) is 17.7 Å². The second-order valence-electron chi connectivity index (χ2n) is 6.97. The maximum absolute atomic E-state index is 13.1. The molecule has 2 aromatic carbocycles. The molecule has 7 nitrogen and oxygen atoms in total. The van der Waals surface area contributed by atoms with Crippen LogP contribution in [0.25, 0.3) is 10.8 Å². The molecule has 0 unspecified atom stereocenters. The summed E-state index contributed by atoms with van der Waals surface area (Å²) >= 11 is 0. The van der Waals surface area contributed by atoms with E-state index in [0.29, 0.717) is 22.8 Å². The minimum Gasteiger partial charge on any atom is -0.355 e. The normalized spacial score (nSPS) is 10.5. The highest BCUT2D eigenvalue weighted by molar-refractivity contribution is 6.12. The number of rotatable bonds is 5. The lowest BCUT2D eigenvalue weighted by Gasteiger charge is -2.15. The standard InChI is InChI=1S/C24H21N5O2/c1-15-7-3-6-10-19(15)28-22-20(13-17(14-27-22)23(30)25-2)29-24(31)21-18-9-5-4-8-16(18)11-12-26-21/h3-14H,1-2H3,(H,25,30)(H,27,28)(H,29,31). The molecule has 4 rings (SSSR count). The first-order valence-corrected chi connectivity index (χ1v) is 9.76. The van der Waals surface area contributed by atoms with Gasteiger partial charge in [-0.1, -0.05) is 42.5 Å². The number of fused-ring (bicyclic) bond motifs is 1. The summed E-state index contributed by atoms with van der Waals surface area (Å²) in [5, 5.41) is 10.3. The van der Waals surface area contributed by atoms with Gasteiger partial charge in [-0.25, -0.2) is 4.98 Å². The van der Waals surface area contributed by atoms with Crippen molar-refractivity contribution in [3.05, 3.63) is 89.9 Å². The zero-order valence-electron chi connectivity index (χ0n) is 17.1. The van der Waals surface area contributed by atoms with Crippen LogP contribution in [0.3, 0.4) is 0 Å². The zero-order chi connectivity index (χ0) is 21.8. The van der Waals surface area contributed by atoms with E-state index in [2.05, 4.69) is 25.9 Å². The Bertz CT molecular complexity index is 1280. The van der Waals surface area contributed by atoms with Gasteiger partial charge in [0.25, 0.3) is 11.8 Å². The Labute approximate surface area is 179 Å². The van der Waals surface area contributed by atoms with Gasteiger partial charge in [0, 0.05) is 30.5 Å². The van der Waals surface area contributed by atoms with E-state index < -0.39 is 0 Å². The Balaban J connectivity index is 1.73. The first-order valence-electron chi connectivity index (χ1n) is 9.76. The number of pyridine rings is 2. The van der Waals surface area contributed by atoms with Crippen LogP contribution in [0.4, 0.5) is 17.2 Å². The number of nitrogens with zero attached hydrogens (tertiary/aromatic N) is 2. The number of aromatic nitrogens is 2. The average molecular weight is 411 g/mol. The molecule has 0 saturated carbocycles. The minimum atomic E-state index is -0.388. The number of para-hydroxylation sites is 1. The molecule has 0 spiro atoms. The minimum absolute atomic E-state index is 0.297. The van der Waals surface area contributed by atoms with Crippen molar-refractivity contribution in [1.29, 1.82) is 0 Å². The molecule has 0 atom stereocenters.